The van der Waals surface area contributed by atoms with Crippen LogP contribution in [0.5, 0.6) is 5.75 Å². The number of halogens is 1. The molecular weight excluding hydrogens is 270 g/mol. The average molecular weight is 290 g/mol. The lowest BCUT2D eigenvalue weighted by Crippen LogP contribution is -2.29. The van der Waals surface area contributed by atoms with Crippen molar-refractivity contribution in [1.82, 2.24) is 0 Å². The lowest BCUT2D eigenvalue weighted by molar-refractivity contribution is 0.179. The SMILES string of the molecule is CCc1ccccc1OC(c1cccc(Cl)c1)C(C)N. The molecule has 0 fully saturated rings. The van der Waals surface area contributed by atoms with E-state index in [0.717, 1.165) is 17.7 Å². The zero-order chi connectivity index (χ0) is 14.5. The molecule has 3 heteroatoms. The Kier molecular flexibility index (Phi) is 5.05. The van der Waals surface area contributed by atoms with Crippen molar-refractivity contribution in [3.8, 4) is 5.75 Å². The van der Waals surface area contributed by atoms with Crippen LogP contribution in [0.15, 0.2) is 48.5 Å². The van der Waals surface area contributed by atoms with Crippen LogP contribution in [0.2, 0.25) is 5.02 Å². The van der Waals surface area contributed by atoms with E-state index < -0.39 is 0 Å². The minimum atomic E-state index is -0.207. The summed E-state index contributed by atoms with van der Waals surface area (Å²) in [5.41, 5.74) is 8.27. The molecule has 0 aliphatic carbocycles. The van der Waals surface area contributed by atoms with Gasteiger partial charge in [-0.3, -0.25) is 0 Å². The molecule has 0 aliphatic rings. The van der Waals surface area contributed by atoms with Crippen LogP contribution >= 0.6 is 11.6 Å². The second kappa shape index (κ2) is 6.78. The van der Waals surface area contributed by atoms with Gasteiger partial charge in [0, 0.05) is 11.1 Å². The summed E-state index contributed by atoms with van der Waals surface area (Å²) in [5.74, 6) is 0.886. The molecule has 2 N–H and O–H groups in total. The molecule has 0 spiro atoms. The van der Waals surface area contributed by atoms with Crippen LogP contribution in [0.4, 0.5) is 0 Å². The van der Waals surface area contributed by atoms with E-state index in [9.17, 15) is 0 Å². The van der Waals surface area contributed by atoms with E-state index in [1.165, 1.54) is 5.56 Å². The van der Waals surface area contributed by atoms with Gasteiger partial charge in [0.25, 0.3) is 0 Å². The summed E-state index contributed by atoms with van der Waals surface area (Å²) in [4.78, 5) is 0. The van der Waals surface area contributed by atoms with E-state index in [-0.39, 0.29) is 12.1 Å². The maximum absolute atomic E-state index is 6.16. The molecule has 0 aromatic heterocycles. The molecule has 2 aromatic rings. The lowest BCUT2D eigenvalue weighted by atomic mass is 10.0. The number of rotatable bonds is 5. The Morgan fingerprint density at radius 2 is 1.90 bits per heavy atom. The Bertz CT molecular complexity index is 568. The third-order valence-electron chi connectivity index (χ3n) is 3.26. The standard InChI is InChI=1S/C17H20ClNO/c1-3-13-7-4-5-10-16(13)20-17(12(2)19)14-8-6-9-15(18)11-14/h4-12,17H,3,19H2,1-2H3. The summed E-state index contributed by atoms with van der Waals surface area (Å²) >= 11 is 6.06. The summed E-state index contributed by atoms with van der Waals surface area (Å²) in [6.45, 7) is 4.06. The summed E-state index contributed by atoms with van der Waals surface area (Å²) in [5, 5.41) is 0.695. The fourth-order valence-electron chi connectivity index (χ4n) is 2.21. The monoisotopic (exact) mass is 289 g/mol. The Labute approximate surface area is 125 Å². The van der Waals surface area contributed by atoms with Gasteiger partial charge in [-0.15, -0.1) is 0 Å². The van der Waals surface area contributed by atoms with Crippen molar-refractivity contribution in [3.63, 3.8) is 0 Å². The topological polar surface area (TPSA) is 35.2 Å². The number of ether oxygens (including phenoxy) is 1. The second-order valence-electron chi connectivity index (χ2n) is 4.91. The van der Waals surface area contributed by atoms with E-state index in [0.29, 0.717) is 5.02 Å². The predicted molar refractivity (Wildman–Crippen MR) is 84.3 cm³/mol. The van der Waals surface area contributed by atoms with Gasteiger partial charge in [0.05, 0.1) is 0 Å². The van der Waals surface area contributed by atoms with Gasteiger partial charge in [0.1, 0.15) is 11.9 Å². The van der Waals surface area contributed by atoms with E-state index in [1.807, 2.05) is 49.4 Å². The zero-order valence-corrected chi connectivity index (χ0v) is 12.6. The third kappa shape index (κ3) is 3.53. The van der Waals surface area contributed by atoms with Crippen molar-refractivity contribution in [3.05, 3.63) is 64.7 Å². The first-order valence-corrected chi connectivity index (χ1v) is 7.25. The molecule has 0 saturated carbocycles. The first-order valence-electron chi connectivity index (χ1n) is 6.87. The number of aryl methyl sites for hydroxylation is 1. The van der Waals surface area contributed by atoms with Gasteiger partial charge >= 0.3 is 0 Å². The first-order chi connectivity index (χ1) is 9.61. The van der Waals surface area contributed by atoms with Gasteiger partial charge < -0.3 is 10.5 Å². The largest absolute Gasteiger partial charge is 0.484 e. The maximum atomic E-state index is 6.16. The van der Waals surface area contributed by atoms with E-state index in [1.54, 1.807) is 0 Å². The van der Waals surface area contributed by atoms with Gasteiger partial charge in [-0.25, -0.2) is 0 Å². The van der Waals surface area contributed by atoms with Crippen molar-refractivity contribution >= 4 is 11.6 Å². The zero-order valence-electron chi connectivity index (χ0n) is 11.8. The molecule has 2 atom stereocenters. The van der Waals surface area contributed by atoms with Crippen LogP contribution in [0.1, 0.15) is 31.1 Å². The summed E-state index contributed by atoms with van der Waals surface area (Å²) in [6, 6.07) is 15.6. The Hall–Kier alpha value is -1.51. The smallest absolute Gasteiger partial charge is 0.139 e. The maximum Gasteiger partial charge on any atom is 0.139 e. The first kappa shape index (κ1) is 14.9. The molecule has 0 radical (unpaired) electrons. The van der Waals surface area contributed by atoms with E-state index in [2.05, 4.69) is 13.0 Å². The molecule has 0 aliphatic heterocycles. The highest BCUT2D eigenvalue weighted by atomic mass is 35.5. The van der Waals surface area contributed by atoms with Crippen LogP contribution in [0.25, 0.3) is 0 Å². The minimum Gasteiger partial charge on any atom is -0.484 e. The van der Waals surface area contributed by atoms with Crippen molar-refractivity contribution in [2.45, 2.75) is 32.4 Å². The highest BCUT2D eigenvalue weighted by Crippen LogP contribution is 2.28. The number of nitrogens with two attached hydrogens (primary N) is 1. The van der Waals surface area contributed by atoms with E-state index >= 15 is 0 Å². The lowest BCUT2D eigenvalue weighted by Gasteiger charge is -2.24. The third-order valence-corrected chi connectivity index (χ3v) is 3.50. The molecule has 0 heterocycles. The predicted octanol–water partition coefficient (Wildman–Crippen LogP) is 4.37. The minimum absolute atomic E-state index is 0.127. The van der Waals surface area contributed by atoms with Crippen molar-refractivity contribution < 1.29 is 4.74 Å². The fourth-order valence-corrected chi connectivity index (χ4v) is 2.41. The highest BCUT2D eigenvalue weighted by Gasteiger charge is 2.19. The van der Waals surface area contributed by atoms with Gasteiger partial charge in [-0.1, -0.05) is 48.9 Å². The summed E-state index contributed by atoms with van der Waals surface area (Å²) in [6.07, 6.45) is 0.721. The van der Waals surface area contributed by atoms with Gasteiger partial charge in [0.2, 0.25) is 0 Å². The Balaban J connectivity index is 2.31. The molecule has 0 bridgehead atoms. The van der Waals surface area contributed by atoms with Gasteiger partial charge in [-0.05, 0) is 42.7 Å². The van der Waals surface area contributed by atoms with Crippen molar-refractivity contribution in [1.29, 1.82) is 0 Å². The normalized spacial score (nSPS) is 13.8. The molecule has 2 aromatic carbocycles. The van der Waals surface area contributed by atoms with Crippen LogP contribution in [0, 0.1) is 0 Å². The van der Waals surface area contributed by atoms with Crippen LogP contribution in [0.3, 0.4) is 0 Å². The molecule has 2 nitrogen and oxygen atoms in total. The average Bonchev–Trinajstić information content (AvgIpc) is 2.44. The Morgan fingerprint density at radius 3 is 2.55 bits per heavy atom. The fraction of sp³-hybridized carbons (Fsp3) is 0.294. The van der Waals surface area contributed by atoms with Gasteiger partial charge in [0.15, 0.2) is 0 Å². The second-order valence-corrected chi connectivity index (χ2v) is 5.35. The molecular formula is C17H20ClNO. The Morgan fingerprint density at radius 1 is 1.15 bits per heavy atom. The van der Waals surface area contributed by atoms with Crippen LogP contribution < -0.4 is 10.5 Å². The number of para-hydroxylation sites is 1. The van der Waals surface area contributed by atoms with Crippen molar-refractivity contribution in [2.75, 3.05) is 0 Å². The quantitative estimate of drug-likeness (QED) is 0.887. The van der Waals surface area contributed by atoms with Crippen LogP contribution in [-0.4, -0.2) is 6.04 Å². The number of hydrogen-bond acceptors (Lipinski definition) is 2. The highest BCUT2D eigenvalue weighted by molar-refractivity contribution is 6.30. The number of hydrogen-bond donors (Lipinski definition) is 1. The summed E-state index contributed by atoms with van der Waals surface area (Å²) in [7, 11) is 0. The molecule has 2 rings (SSSR count). The molecule has 0 amide bonds. The van der Waals surface area contributed by atoms with Gasteiger partial charge in [-0.2, -0.15) is 0 Å². The number of benzene rings is 2. The molecule has 20 heavy (non-hydrogen) atoms. The van der Waals surface area contributed by atoms with Crippen LogP contribution in [-0.2, 0) is 6.42 Å². The van der Waals surface area contributed by atoms with E-state index in [4.69, 9.17) is 22.1 Å². The summed E-state index contributed by atoms with van der Waals surface area (Å²) < 4.78 is 6.16. The molecule has 2 unspecified atom stereocenters. The molecule has 0 saturated heterocycles. The van der Waals surface area contributed by atoms with Crippen molar-refractivity contribution in [2.24, 2.45) is 5.73 Å². The molecule has 106 valence electrons.